The van der Waals surface area contributed by atoms with Crippen molar-refractivity contribution in [1.29, 1.82) is 5.26 Å². The van der Waals surface area contributed by atoms with Gasteiger partial charge in [0.2, 0.25) is 0 Å². The van der Waals surface area contributed by atoms with E-state index in [9.17, 15) is 0 Å². The Kier molecular flexibility index (Phi) is 3.90. The fraction of sp³-hybridized carbons (Fsp3) is 0.154. The first-order valence-electron chi connectivity index (χ1n) is 5.29. The summed E-state index contributed by atoms with van der Waals surface area (Å²) in [6.07, 6.45) is 1.61. The predicted molar refractivity (Wildman–Crippen MR) is 71.4 cm³/mol. The van der Waals surface area contributed by atoms with Crippen molar-refractivity contribution >= 4 is 21.6 Å². The summed E-state index contributed by atoms with van der Waals surface area (Å²) in [5.41, 5.74) is 1.21. The SMILES string of the molecule is COc1cccc(C#N)c1NCc1occc1Br. The molecule has 1 N–H and O–H groups in total. The van der Waals surface area contributed by atoms with Crippen LogP contribution in [0.1, 0.15) is 11.3 Å². The molecule has 5 heteroatoms. The van der Waals surface area contributed by atoms with E-state index in [2.05, 4.69) is 27.3 Å². The molecule has 0 aliphatic carbocycles. The molecule has 0 aliphatic heterocycles. The number of nitriles is 1. The van der Waals surface area contributed by atoms with Crippen LogP contribution in [0.2, 0.25) is 0 Å². The Balaban J connectivity index is 2.23. The average Bonchev–Trinajstić information content (AvgIpc) is 2.81. The molecule has 0 saturated heterocycles. The zero-order valence-electron chi connectivity index (χ0n) is 9.74. The van der Waals surface area contributed by atoms with Gasteiger partial charge in [0.15, 0.2) is 0 Å². The minimum absolute atomic E-state index is 0.475. The number of anilines is 1. The summed E-state index contributed by atoms with van der Waals surface area (Å²) >= 11 is 3.38. The van der Waals surface area contributed by atoms with E-state index in [1.54, 1.807) is 31.6 Å². The maximum atomic E-state index is 9.07. The second kappa shape index (κ2) is 5.61. The number of benzene rings is 1. The van der Waals surface area contributed by atoms with Crippen LogP contribution in [-0.2, 0) is 6.54 Å². The van der Waals surface area contributed by atoms with Crippen molar-refractivity contribution in [2.45, 2.75) is 6.54 Å². The Morgan fingerprint density at radius 3 is 2.89 bits per heavy atom. The van der Waals surface area contributed by atoms with Crippen molar-refractivity contribution in [2.24, 2.45) is 0 Å². The zero-order valence-corrected chi connectivity index (χ0v) is 11.3. The Hall–Kier alpha value is -1.93. The molecule has 0 radical (unpaired) electrons. The molecule has 4 nitrogen and oxygen atoms in total. The van der Waals surface area contributed by atoms with Crippen molar-refractivity contribution in [3.63, 3.8) is 0 Å². The van der Waals surface area contributed by atoms with Crippen LogP contribution in [0.4, 0.5) is 5.69 Å². The lowest BCUT2D eigenvalue weighted by Crippen LogP contribution is -2.03. The number of methoxy groups -OCH3 is 1. The average molecular weight is 307 g/mol. The summed E-state index contributed by atoms with van der Waals surface area (Å²) < 4.78 is 11.4. The highest BCUT2D eigenvalue weighted by Gasteiger charge is 2.10. The molecule has 0 atom stereocenters. The number of ether oxygens (including phenoxy) is 1. The van der Waals surface area contributed by atoms with Crippen LogP contribution in [0.5, 0.6) is 5.75 Å². The van der Waals surface area contributed by atoms with Gasteiger partial charge in [-0.05, 0) is 34.1 Å². The van der Waals surface area contributed by atoms with E-state index >= 15 is 0 Å². The van der Waals surface area contributed by atoms with Crippen LogP contribution in [0.3, 0.4) is 0 Å². The predicted octanol–water partition coefficient (Wildman–Crippen LogP) is 3.53. The van der Waals surface area contributed by atoms with E-state index in [0.717, 1.165) is 10.2 Å². The lowest BCUT2D eigenvalue weighted by Gasteiger charge is -2.11. The van der Waals surface area contributed by atoms with Crippen LogP contribution in [0, 0.1) is 11.3 Å². The first-order chi connectivity index (χ1) is 8.76. The van der Waals surface area contributed by atoms with Gasteiger partial charge < -0.3 is 14.5 Å². The van der Waals surface area contributed by atoms with Crippen molar-refractivity contribution in [3.8, 4) is 11.8 Å². The van der Waals surface area contributed by atoms with Gasteiger partial charge in [0, 0.05) is 0 Å². The number of para-hydroxylation sites is 1. The lowest BCUT2D eigenvalue weighted by atomic mass is 10.1. The molecule has 2 aromatic rings. The summed E-state index contributed by atoms with van der Waals surface area (Å²) in [6, 6.07) is 9.28. The maximum absolute atomic E-state index is 9.07. The molecule has 0 amide bonds. The molecule has 0 saturated carbocycles. The fourth-order valence-electron chi connectivity index (χ4n) is 1.60. The van der Waals surface area contributed by atoms with Gasteiger partial charge in [-0.1, -0.05) is 6.07 Å². The third-order valence-corrected chi connectivity index (χ3v) is 3.19. The van der Waals surface area contributed by atoms with Crippen LogP contribution < -0.4 is 10.1 Å². The smallest absolute Gasteiger partial charge is 0.143 e. The number of nitrogens with one attached hydrogen (secondary N) is 1. The van der Waals surface area contributed by atoms with Gasteiger partial charge in [0.1, 0.15) is 17.6 Å². The van der Waals surface area contributed by atoms with Crippen LogP contribution in [0.25, 0.3) is 0 Å². The Labute approximate surface area is 113 Å². The summed E-state index contributed by atoms with van der Waals surface area (Å²) in [4.78, 5) is 0. The number of rotatable bonds is 4. The molecule has 1 aromatic carbocycles. The highest BCUT2D eigenvalue weighted by atomic mass is 79.9. The second-order valence-corrected chi connectivity index (χ2v) is 4.39. The third-order valence-electron chi connectivity index (χ3n) is 2.48. The first-order valence-corrected chi connectivity index (χ1v) is 6.08. The van der Waals surface area contributed by atoms with Crippen molar-refractivity contribution < 1.29 is 9.15 Å². The van der Waals surface area contributed by atoms with E-state index in [-0.39, 0.29) is 0 Å². The normalized spacial score (nSPS) is 9.83. The van der Waals surface area contributed by atoms with E-state index in [4.69, 9.17) is 14.4 Å². The second-order valence-electron chi connectivity index (χ2n) is 3.54. The summed E-state index contributed by atoms with van der Waals surface area (Å²) in [7, 11) is 1.57. The van der Waals surface area contributed by atoms with E-state index in [1.807, 2.05) is 6.07 Å². The van der Waals surface area contributed by atoms with Gasteiger partial charge in [0.05, 0.1) is 35.6 Å². The first kappa shape index (κ1) is 12.5. The number of furan rings is 1. The molecule has 0 unspecified atom stereocenters. The molecule has 92 valence electrons. The Morgan fingerprint density at radius 2 is 2.28 bits per heavy atom. The maximum Gasteiger partial charge on any atom is 0.143 e. The molecular formula is C13H11BrN2O2. The molecule has 18 heavy (non-hydrogen) atoms. The Morgan fingerprint density at radius 1 is 1.44 bits per heavy atom. The molecule has 0 aliphatic rings. The molecule has 0 fully saturated rings. The minimum atomic E-state index is 0.475. The van der Waals surface area contributed by atoms with Crippen molar-refractivity contribution in [3.05, 3.63) is 46.3 Å². The van der Waals surface area contributed by atoms with Crippen LogP contribution in [0.15, 0.2) is 39.4 Å². The zero-order chi connectivity index (χ0) is 13.0. The topological polar surface area (TPSA) is 58.2 Å². The lowest BCUT2D eigenvalue weighted by molar-refractivity contribution is 0.416. The van der Waals surface area contributed by atoms with Gasteiger partial charge in [-0.15, -0.1) is 0 Å². The standard InChI is InChI=1S/C13H11BrN2O2/c1-17-11-4-2-3-9(7-15)13(11)16-8-12-10(14)5-6-18-12/h2-6,16H,8H2,1H3. The van der Waals surface area contributed by atoms with Gasteiger partial charge in [-0.25, -0.2) is 0 Å². The summed E-state index contributed by atoms with van der Waals surface area (Å²) in [6.45, 7) is 0.475. The van der Waals surface area contributed by atoms with Gasteiger partial charge >= 0.3 is 0 Å². The molecule has 0 bridgehead atoms. The molecule has 0 spiro atoms. The number of nitrogens with zero attached hydrogens (tertiary/aromatic N) is 1. The van der Waals surface area contributed by atoms with Gasteiger partial charge in [-0.3, -0.25) is 0 Å². The minimum Gasteiger partial charge on any atom is -0.495 e. The fourth-order valence-corrected chi connectivity index (χ4v) is 1.94. The third kappa shape index (κ3) is 2.49. The van der Waals surface area contributed by atoms with Crippen molar-refractivity contribution in [2.75, 3.05) is 12.4 Å². The number of hydrogen-bond donors (Lipinski definition) is 1. The quantitative estimate of drug-likeness (QED) is 0.938. The summed E-state index contributed by atoms with van der Waals surface area (Å²) in [5, 5.41) is 12.2. The van der Waals surface area contributed by atoms with Crippen LogP contribution in [-0.4, -0.2) is 7.11 Å². The molecule has 1 heterocycles. The van der Waals surface area contributed by atoms with E-state index < -0.39 is 0 Å². The largest absolute Gasteiger partial charge is 0.495 e. The van der Waals surface area contributed by atoms with Gasteiger partial charge in [0.25, 0.3) is 0 Å². The van der Waals surface area contributed by atoms with E-state index in [0.29, 0.717) is 23.5 Å². The highest BCUT2D eigenvalue weighted by molar-refractivity contribution is 9.10. The van der Waals surface area contributed by atoms with Gasteiger partial charge in [-0.2, -0.15) is 5.26 Å². The van der Waals surface area contributed by atoms with Crippen molar-refractivity contribution in [1.82, 2.24) is 0 Å². The molecule has 1 aromatic heterocycles. The number of hydrogen-bond acceptors (Lipinski definition) is 4. The van der Waals surface area contributed by atoms with E-state index in [1.165, 1.54) is 0 Å². The van der Waals surface area contributed by atoms with Crippen LogP contribution >= 0.6 is 15.9 Å². The molecular weight excluding hydrogens is 296 g/mol. The Bertz CT molecular complexity index is 587. The summed E-state index contributed by atoms with van der Waals surface area (Å²) in [5.74, 6) is 1.40. The molecule has 2 rings (SSSR count). The number of halogens is 1. The monoisotopic (exact) mass is 306 g/mol. The highest BCUT2D eigenvalue weighted by Crippen LogP contribution is 2.29.